The largest absolute Gasteiger partial charge is 0.342 e. The third kappa shape index (κ3) is 13.5. The summed E-state index contributed by atoms with van der Waals surface area (Å²) in [7, 11) is 0. The highest BCUT2D eigenvalue weighted by Crippen LogP contribution is 2.16. The number of likely N-dealkylation sites (tertiary alicyclic amines) is 2. The third-order valence-corrected chi connectivity index (χ3v) is 8.58. The predicted molar refractivity (Wildman–Crippen MR) is 185 cm³/mol. The number of benzene rings is 2. The molecule has 0 radical (unpaired) electrons. The molecule has 2 aromatic rings. The smallest absolute Gasteiger partial charge is 0.319 e. The van der Waals surface area contributed by atoms with E-state index in [-0.39, 0.29) is 29.8 Å². The lowest BCUT2D eigenvalue weighted by Crippen LogP contribution is -2.48. The van der Waals surface area contributed by atoms with Crippen LogP contribution in [0.3, 0.4) is 0 Å². The van der Waals surface area contributed by atoms with Crippen LogP contribution in [0, 0.1) is 25.7 Å². The van der Waals surface area contributed by atoms with Crippen molar-refractivity contribution in [3.05, 3.63) is 59.7 Å². The fourth-order valence-electron chi connectivity index (χ4n) is 5.00. The van der Waals surface area contributed by atoms with Crippen LogP contribution in [0.4, 0.5) is 16.2 Å². The molecule has 0 aliphatic carbocycles. The zero-order chi connectivity index (χ0) is 34.1. The van der Waals surface area contributed by atoms with Crippen LogP contribution < -0.4 is 16.4 Å². The summed E-state index contributed by atoms with van der Waals surface area (Å²) in [5.74, 6) is 0.795. The van der Waals surface area contributed by atoms with Gasteiger partial charge in [0.15, 0.2) is 0 Å². The van der Waals surface area contributed by atoms with Crippen molar-refractivity contribution in [1.82, 2.24) is 15.1 Å². The highest BCUT2D eigenvalue weighted by atomic mass is 16.2. The molecule has 2 fully saturated rings. The number of hydrogen-bond donors (Lipinski definition) is 3. The molecule has 4 rings (SSSR count). The number of isocyanates is 1. The van der Waals surface area contributed by atoms with Gasteiger partial charge in [0.1, 0.15) is 0 Å². The third-order valence-electron chi connectivity index (χ3n) is 8.58. The Bertz CT molecular complexity index is 1260. The molecule has 4 amide bonds. The number of hydrogen-bond acceptors (Lipinski definition) is 6. The maximum atomic E-state index is 12.2. The summed E-state index contributed by atoms with van der Waals surface area (Å²) in [6.07, 6.45) is 6.82. The zero-order valence-electron chi connectivity index (χ0n) is 28.6. The molecule has 2 atom stereocenters. The van der Waals surface area contributed by atoms with Crippen LogP contribution in [0.15, 0.2) is 53.5 Å². The molecule has 0 saturated carbocycles. The Kier molecular flexibility index (Phi) is 16.7. The maximum absolute atomic E-state index is 12.2. The van der Waals surface area contributed by atoms with Crippen molar-refractivity contribution in [3.63, 3.8) is 0 Å². The number of carbonyl (C=O) groups is 3. The highest BCUT2D eigenvalue weighted by molar-refractivity contribution is 5.89. The van der Waals surface area contributed by atoms with Gasteiger partial charge in [-0.3, -0.25) is 9.59 Å². The molecule has 2 aliphatic rings. The first-order chi connectivity index (χ1) is 22.0. The summed E-state index contributed by atoms with van der Waals surface area (Å²) in [5, 5.41) is 5.84. The molecule has 10 heteroatoms. The number of aliphatic imine (C=N–C) groups is 1. The van der Waals surface area contributed by atoms with Crippen molar-refractivity contribution in [2.45, 2.75) is 92.2 Å². The van der Waals surface area contributed by atoms with Gasteiger partial charge in [0.2, 0.25) is 17.9 Å². The first kappa shape index (κ1) is 38.2. The van der Waals surface area contributed by atoms with Gasteiger partial charge in [-0.25, -0.2) is 9.59 Å². The fraction of sp³-hybridized carbons (Fsp3) is 0.556. The molecular formula is C36H54N6O4. The van der Waals surface area contributed by atoms with Crippen LogP contribution in [0.25, 0.3) is 0 Å². The van der Waals surface area contributed by atoms with Crippen molar-refractivity contribution in [3.8, 4) is 0 Å². The van der Waals surface area contributed by atoms with Crippen molar-refractivity contribution < 1.29 is 19.2 Å². The molecule has 46 heavy (non-hydrogen) atoms. The lowest BCUT2D eigenvalue weighted by Gasteiger charge is -2.33. The van der Waals surface area contributed by atoms with Gasteiger partial charge in [-0.1, -0.05) is 63.1 Å². The number of anilines is 1. The van der Waals surface area contributed by atoms with Crippen molar-refractivity contribution in [2.24, 2.45) is 22.6 Å². The van der Waals surface area contributed by atoms with E-state index in [4.69, 9.17) is 5.73 Å². The number of urea groups is 1. The molecule has 0 aromatic heterocycles. The van der Waals surface area contributed by atoms with Crippen LogP contribution in [0.1, 0.15) is 77.3 Å². The molecule has 4 N–H and O–H groups in total. The summed E-state index contributed by atoms with van der Waals surface area (Å²) >= 11 is 0. The van der Waals surface area contributed by atoms with E-state index in [0.717, 1.165) is 81.5 Å². The highest BCUT2D eigenvalue weighted by Gasteiger charge is 2.26. The van der Waals surface area contributed by atoms with Gasteiger partial charge in [-0.05, 0) is 76.6 Å². The Labute approximate surface area is 275 Å². The fourth-order valence-corrected chi connectivity index (χ4v) is 5.00. The summed E-state index contributed by atoms with van der Waals surface area (Å²) in [5.41, 5.74) is 9.53. The number of nitrogens with two attached hydrogens (primary N) is 1. The standard InChI is InChI=1S/C18H27N3O2.C10H20N2O.C8H7NO/c1-4-14(3)17(22)21-11-9-16(10-12-21)20-18(23)19-15-7-5-13(2)6-8-15;1-3-8(2)10(13)12-6-4-9(11)5-7-12;1-7-2-4-8(5-3-7)9-6-10/h5-8,14,16H,4,9-12H2,1-3H3,(H2,19,20,23);8-9H,3-7,11H2,1-2H3;2-5H,1H3. The Hall–Kier alpha value is -4.01. The second-order valence-electron chi connectivity index (χ2n) is 12.4. The van der Waals surface area contributed by atoms with Gasteiger partial charge in [0.25, 0.3) is 0 Å². The molecule has 10 nitrogen and oxygen atoms in total. The van der Waals surface area contributed by atoms with Crippen LogP contribution in [-0.2, 0) is 14.4 Å². The molecule has 2 unspecified atom stereocenters. The average molecular weight is 635 g/mol. The first-order valence-corrected chi connectivity index (χ1v) is 16.6. The van der Waals surface area contributed by atoms with E-state index >= 15 is 0 Å². The van der Waals surface area contributed by atoms with Crippen molar-refractivity contribution >= 4 is 35.3 Å². The summed E-state index contributed by atoms with van der Waals surface area (Å²) in [6.45, 7) is 15.2. The van der Waals surface area contributed by atoms with Gasteiger partial charge in [0, 0.05) is 55.8 Å². The van der Waals surface area contributed by atoms with E-state index in [0.29, 0.717) is 17.6 Å². The number of carbonyl (C=O) groups excluding carboxylic acids is 4. The normalized spacial score (nSPS) is 16.3. The lowest BCUT2D eigenvalue weighted by molar-refractivity contribution is -0.136. The summed E-state index contributed by atoms with van der Waals surface area (Å²) < 4.78 is 0. The van der Waals surface area contributed by atoms with E-state index in [9.17, 15) is 19.2 Å². The predicted octanol–water partition coefficient (Wildman–Crippen LogP) is 6.10. The average Bonchev–Trinajstić information content (AvgIpc) is 3.07. The number of piperidine rings is 2. The van der Waals surface area contributed by atoms with Crippen LogP contribution in [0.5, 0.6) is 0 Å². The number of amides is 4. The molecule has 0 spiro atoms. The van der Waals surface area contributed by atoms with Crippen molar-refractivity contribution in [2.75, 3.05) is 31.5 Å². The monoisotopic (exact) mass is 634 g/mol. The van der Waals surface area contributed by atoms with Crippen LogP contribution in [-0.4, -0.2) is 72.0 Å². The number of aryl methyl sites for hydroxylation is 2. The SMILES string of the molecule is CCC(C)C(=O)N1CCC(N)CC1.CCC(C)C(=O)N1CCC(NC(=O)Nc2ccc(C)cc2)CC1.Cc1ccc(N=C=O)cc1. The van der Waals surface area contributed by atoms with E-state index < -0.39 is 0 Å². The summed E-state index contributed by atoms with van der Waals surface area (Å²) in [6, 6.07) is 15.3. The van der Waals surface area contributed by atoms with Gasteiger partial charge in [0.05, 0.1) is 5.69 Å². The van der Waals surface area contributed by atoms with Gasteiger partial charge in [-0.2, -0.15) is 4.99 Å². The minimum absolute atomic E-state index is 0.0874. The second kappa shape index (κ2) is 20.2. The lowest BCUT2D eigenvalue weighted by atomic mass is 10.0. The Morgan fingerprint density at radius 1 is 0.804 bits per heavy atom. The van der Waals surface area contributed by atoms with Crippen LogP contribution in [0.2, 0.25) is 0 Å². The molecule has 2 saturated heterocycles. The summed E-state index contributed by atoms with van der Waals surface area (Å²) in [4.78, 5) is 53.0. The molecular weight excluding hydrogens is 580 g/mol. The minimum atomic E-state index is -0.180. The Balaban J connectivity index is 0.000000269. The number of nitrogens with one attached hydrogen (secondary N) is 2. The topological polar surface area (TPSA) is 137 Å². The molecule has 2 aliphatic heterocycles. The van der Waals surface area contributed by atoms with Gasteiger partial charge in [-0.15, -0.1) is 0 Å². The molecule has 2 aromatic carbocycles. The quantitative estimate of drug-likeness (QED) is 0.250. The zero-order valence-corrected chi connectivity index (χ0v) is 28.6. The van der Waals surface area contributed by atoms with Gasteiger partial charge < -0.3 is 26.2 Å². The number of nitrogens with zero attached hydrogens (tertiary/aromatic N) is 3. The Morgan fingerprint density at radius 3 is 1.67 bits per heavy atom. The van der Waals surface area contributed by atoms with Crippen LogP contribution >= 0.6 is 0 Å². The second-order valence-corrected chi connectivity index (χ2v) is 12.4. The van der Waals surface area contributed by atoms with E-state index in [1.54, 1.807) is 12.1 Å². The minimum Gasteiger partial charge on any atom is -0.342 e. The molecule has 0 bridgehead atoms. The van der Waals surface area contributed by atoms with Gasteiger partial charge >= 0.3 is 6.03 Å². The van der Waals surface area contributed by atoms with E-state index in [1.807, 2.05) is 80.8 Å². The molecule has 252 valence electrons. The first-order valence-electron chi connectivity index (χ1n) is 16.6. The molecule has 2 heterocycles. The maximum Gasteiger partial charge on any atom is 0.319 e. The van der Waals surface area contributed by atoms with E-state index in [1.165, 1.54) is 6.08 Å². The Morgan fingerprint density at radius 2 is 1.24 bits per heavy atom. The van der Waals surface area contributed by atoms with Crippen molar-refractivity contribution in [1.29, 1.82) is 0 Å². The van der Waals surface area contributed by atoms with E-state index in [2.05, 4.69) is 22.5 Å². The number of rotatable bonds is 7.